The van der Waals surface area contributed by atoms with E-state index in [1.165, 1.54) is 11.3 Å². The second kappa shape index (κ2) is 2.64. The zero-order valence-electron chi connectivity index (χ0n) is 6.35. The van der Waals surface area contributed by atoms with Crippen molar-refractivity contribution in [1.29, 1.82) is 0 Å². The van der Waals surface area contributed by atoms with Crippen molar-refractivity contribution in [3.8, 4) is 0 Å². The minimum absolute atomic E-state index is 0.547. The molecule has 0 aliphatic carbocycles. The molecular weight excluding hydrogens is 140 g/mol. The molecule has 4 nitrogen and oxygen atoms in total. The van der Waals surface area contributed by atoms with Crippen molar-refractivity contribution in [2.24, 2.45) is 5.73 Å². The summed E-state index contributed by atoms with van der Waals surface area (Å²) in [4.78, 5) is 0. The van der Waals surface area contributed by atoms with Crippen LogP contribution in [0.3, 0.4) is 0 Å². The van der Waals surface area contributed by atoms with Gasteiger partial charge in [-0.1, -0.05) is 0 Å². The molecule has 1 aromatic rings. The van der Waals surface area contributed by atoms with Crippen LogP contribution in [0.15, 0.2) is 0 Å². The van der Waals surface area contributed by atoms with Crippen LogP contribution in [0.4, 0.5) is 0 Å². The summed E-state index contributed by atoms with van der Waals surface area (Å²) in [7, 11) is 0. The van der Waals surface area contributed by atoms with Gasteiger partial charge in [0.2, 0.25) is 0 Å². The molecule has 0 saturated heterocycles. The number of H-pyrrole nitrogens is 1. The Hall–Kier alpha value is -0.870. The second-order valence-corrected chi connectivity index (χ2v) is 2.76. The predicted octanol–water partition coefficient (Wildman–Crippen LogP) is -0.486. The number of hydrogen-bond donors (Lipinski definition) is 3. The molecule has 0 aromatic carbocycles. The van der Waals surface area contributed by atoms with E-state index in [0.717, 1.165) is 25.2 Å². The van der Waals surface area contributed by atoms with Crippen LogP contribution in [0.25, 0.3) is 0 Å². The van der Waals surface area contributed by atoms with Crippen LogP contribution in [0.5, 0.6) is 0 Å². The van der Waals surface area contributed by atoms with Gasteiger partial charge in [0.15, 0.2) is 0 Å². The maximum Gasteiger partial charge on any atom is 0.0793 e. The number of aromatic nitrogens is 2. The Bertz CT molecular complexity index is 239. The molecular formula is C7H12N4. The molecule has 0 spiro atoms. The van der Waals surface area contributed by atoms with Crippen LogP contribution in [0, 0.1) is 0 Å². The third-order valence-electron chi connectivity index (χ3n) is 2.09. The predicted molar refractivity (Wildman–Crippen MR) is 41.9 cm³/mol. The fourth-order valence-electron chi connectivity index (χ4n) is 1.48. The molecule has 0 amide bonds. The van der Waals surface area contributed by atoms with Crippen LogP contribution in [-0.2, 0) is 19.5 Å². The first kappa shape index (κ1) is 6.82. The molecule has 1 aliphatic heterocycles. The smallest absolute Gasteiger partial charge is 0.0793 e. The lowest BCUT2D eigenvalue weighted by molar-refractivity contribution is 0.631. The molecule has 2 rings (SSSR count). The Morgan fingerprint density at radius 2 is 2.45 bits per heavy atom. The minimum Gasteiger partial charge on any atom is -0.325 e. The molecule has 0 bridgehead atoms. The van der Waals surface area contributed by atoms with Gasteiger partial charge in [0.1, 0.15) is 0 Å². The molecule has 2 heterocycles. The Kier molecular flexibility index (Phi) is 1.63. The summed E-state index contributed by atoms with van der Waals surface area (Å²) in [6, 6.07) is 0. The van der Waals surface area contributed by atoms with Gasteiger partial charge < -0.3 is 11.1 Å². The lowest BCUT2D eigenvalue weighted by Gasteiger charge is -2.11. The fraction of sp³-hybridized carbons (Fsp3) is 0.571. The van der Waals surface area contributed by atoms with Gasteiger partial charge in [-0.2, -0.15) is 5.10 Å². The molecule has 0 atom stereocenters. The SMILES string of the molecule is NCc1n[nH]c2c1CCNC2. The van der Waals surface area contributed by atoms with Crippen LogP contribution in [0.1, 0.15) is 17.0 Å². The van der Waals surface area contributed by atoms with Crippen LogP contribution < -0.4 is 11.1 Å². The van der Waals surface area contributed by atoms with Crippen molar-refractivity contribution in [2.45, 2.75) is 19.5 Å². The van der Waals surface area contributed by atoms with E-state index >= 15 is 0 Å². The second-order valence-electron chi connectivity index (χ2n) is 2.76. The fourth-order valence-corrected chi connectivity index (χ4v) is 1.48. The van der Waals surface area contributed by atoms with Crippen molar-refractivity contribution >= 4 is 0 Å². The van der Waals surface area contributed by atoms with E-state index in [1.807, 2.05) is 0 Å². The zero-order chi connectivity index (χ0) is 7.68. The summed E-state index contributed by atoms with van der Waals surface area (Å²) in [5, 5.41) is 10.4. The molecule has 0 saturated carbocycles. The van der Waals surface area contributed by atoms with Crippen molar-refractivity contribution in [3.05, 3.63) is 17.0 Å². The zero-order valence-corrected chi connectivity index (χ0v) is 6.35. The van der Waals surface area contributed by atoms with E-state index in [-0.39, 0.29) is 0 Å². The van der Waals surface area contributed by atoms with Gasteiger partial charge in [-0.25, -0.2) is 0 Å². The van der Waals surface area contributed by atoms with E-state index < -0.39 is 0 Å². The highest BCUT2D eigenvalue weighted by Crippen LogP contribution is 2.14. The molecule has 1 aliphatic rings. The number of hydrogen-bond acceptors (Lipinski definition) is 3. The largest absolute Gasteiger partial charge is 0.325 e. The molecule has 0 unspecified atom stereocenters. The average Bonchev–Trinajstić information content (AvgIpc) is 2.47. The third kappa shape index (κ3) is 1.04. The highest BCUT2D eigenvalue weighted by molar-refractivity contribution is 5.27. The first-order chi connectivity index (χ1) is 5.42. The molecule has 11 heavy (non-hydrogen) atoms. The van der Waals surface area contributed by atoms with Crippen LogP contribution in [0.2, 0.25) is 0 Å². The molecule has 0 radical (unpaired) electrons. The lowest BCUT2D eigenvalue weighted by atomic mass is 10.1. The van der Waals surface area contributed by atoms with E-state index in [0.29, 0.717) is 6.54 Å². The number of nitrogens with zero attached hydrogens (tertiary/aromatic N) is 1. The lowest BCUT2D eigenvalue weighted by Crippen LogP contribution is -2.23. The number of fused-ring (bicyclic) bond motifs is 1. The summed E-state index contributed by atoms with van der Waals surface area (Å²) in [6.07, 6.45) is 1.05. The number of aromatic amines is 1. The van der Waals surface area contributed by atoms with Gasteiger partial charge in [-0.3, -0.25) is 5.10 Å². The molecule has 0 fully saturated rings. The Labute approximate surface area is 65.2 Å². The summed E-state index contributed by atoms with van der Waals surface area (Å²) < 4.78 is 0. The Morgan fingerprint density at radius 1 is 1.55 bits per heavy atom. The summed E-state index contributed by atoms with van der Waals surface area (Å²) in [6.45, 7) is 2.49. The van der Waals surface area contributed by atoms with E-state index in [4.69, 9.17) is 5.73 Å². The van der Waals surface area contributed by atoms with Gasteiger partial charge in [-0.15, -0.1) is 0 Å². The summed E-state index contributed by atoms with van der Waals surface area (Å²) >= 11 is 0. The van der Waals surface area contributed by atoms with E-state index in [2.05, 4.69) is 15.5 Å². The maximum atomic E-state index is 5.52. The van der Waals surface area contributed by atoms with E-state index in [1.54, 1.807) is 0 Å². The Balaban J connectivity index is 2.38. The monoisotopic (exact) mass is 152 g/mol. The van der Waals surface area contributed by atoms with Crippen LogP contribution >= 0.6 is 0 Å². The molecule has 1 aromatic heterocycles. The number of rotatable bonds is 1. The highest BCUT2D eigenvalue weighted by Gasteiger charge is 2.14. The molecule has 60 valence electrons. The average molecular weight is 152 g/mol. The standard InChI is InChI=1S/C7H12N4/c8-3-6-5-1-2-9-4-7(5)11-10-6/h9H,1-4,8H2,(H,10,11). The topological polar surface area (TPSA) is 66.7 Å². The normalized spacial score (nSPS) is 16.5. The Morgan fingerprint density at radius 3 is 3.27 bits per heavy atom. The van der Waals surface area contributed by atoms with E-state index in [9.17, 15) is 0 Å². The van der Waals surface area contributed by atoms with Gasteiger partial charge >= 0.3 is 0 Å². The van der Waals surface area contributed by atoms with Crippen LogP contribution in [-0.4, -0.2) is 16.7 Å². The van der Waals surface area contributed by atoms with Gasteiger partial charge in [-0.05, 0) is 13.0 Å². The quantitative estimate of drug-likeness (QED) is 0.509. The van der Waals surface area contributed by atoms with Gasteiger partial charge in [0, 0.05) is 18.7 Å². The van der Waals surface area contributed by atoms with Gasteiger partial charge in [0.25, 0.3) is 0 Å². The van der Waals surface area contributed by atoms with Crippen molar-refractivity contribution in [1.82, 2.24) is 15.5 Å². The third-order valence-corrected chi connectivity index (χ3v) is 2.09. The van der Waals surface area contributed by atoms with Crippen molar-refractivity contribution < 1.29 is 0 Å². The number of nitrogens with two attached hydrogens (primary N) is 1. The number of nitrogens with one attached hydrogen (secondary N) is 2. The first-order valence-electron chi connectivity index (χ1n) is 3.87. The maximum absolute atomic E-state index is 5.52. The summed E-state index contributed by atoms with van der Waals surface area (Å²) in [5.74, 6) is 0. The summed E-state index contributed by atoms with van der Waals surface area (Å²) in [5.41, 5.74) is 9.08. The van der Waals surface area contributed by atoms with Crippen molar-refractivity contribution in [2.75, 3.05) is 6.54 Å². The first-order valence-corrected chi connectivity index (χ1v) is 3.87. The molecule has 4 N–H and O–H groups in total. The van der Waals surface area contributed by atoms with Gasteiger partial charge in [0.05, 0.1) is 11.4 Å². The minimum atomic E-state index is 0.547. The molecule has 4 heteroatoms. The highest BCUT2D eigenvalue weighted by atomic mass is 15.1. The van der Waals surface area contributed by atoms with Crippen molar-refractivity contribution in [3.63, 3.8) is 0 Å².